The van der Waals surface area contributed by atoms with Crippen LogP contribution in [0.25, 0.3) is 0 Å². The average Bonchev–Trinajstić information content (AvgIpc) is 2.77. The first-order valence-corrected chi connectivity index (χ1v) is 9.35. The summed E-state index contributed by atoms with van der Waals surface area (Å²) in [4.78, 5) is 41.2. The fourth-order valence-electron chi connectivity index (χ4n) is 2.73. The summed E-state index contributed by atoms with van der Waals surface area (Å²) in [7, 11) is 0. The second-order valence-electron chi connectivity index (χ2n) is 6.81. The van der Waals surface area contributed by atoms with Gasteiger partial charge in [0.2, 0.25) is 5.82 Å². The Balaban J connectivity index is 1.83. The predicted octanol–water partition coefficient (Wildman–Crippen LogP) is 3.97. The van der Waals surface area contributed by atoms with Crippen molar-refractivity contribution >= 4 is 23.1 Å². The second kappa shape index (κ2) is 9.47. The molecule has 2 aromatic carbocycles. The van der Waals surface area contributed by atoms with Crippen molar-refractivity contribution in [2.45, 2.75) is 19.8 Å². The molecule has 1 amide bonds. The molecule has 0 aliphatic heterocycles. The van der Waals surface area contributed by atoms with Crippen LogP contribution in [0, 0.1) is 20.2 Å². The van der Waals surface area contributed by atoms with Gasteiger partial charge in [-0.3, -0.25) is 35.9 Å². The van der Waals surface area contributed by atoms with E-state index >= 15 is 0 Å². The fraction of sp³-hybridized carbons (Fsp3) is 0.150. The molecule has 1 heterocycles. The molecule has 0 aliphatic rings. The standard InChI is InChI=1S/C20H18N6O6/c1-12(2)13-7-9-14(10-8-13)32-20-17(26(30)31)18(21-11-22-20)23-24-19(27)15-5-3-4-6-16(15)25(28)29/h3-12H,1-2H3,(H,24,27)(H,21,22,23). The highest BCUT2D eigenvalue weighted by Gasteiger charge is 2.26. The Bertz CT molecular complexity index is 1170. The van der Waals surface area contributed by atoms with Gasteiger partial charge in [-0.15, -0.1) is 0 Å². The van der Waals surface area contributed by atoms with Gasteiger partial charge in [0, 0.05) is 6.07 Å². The van der Waals surface area contributed by atoms with Crippen LogP contribution in [0.3, 0.4) is 0 Å². The number of hydrogen-bond donors (Lipinski definition) is 2. The van der Waals surface area contributed by atoms with E-state index in [0.29, 0.717) is 11.7 Å². The molecule has 0 spiro atoms. The lowest BCUT2D eigenvalue weighted by molar-refractivity contribution is -0.385. The topological polar surface area (TPSA) is 162 Å². The number of carbonyl (C=O) groups excluding carboxylic acids is 1. The van der Waals surface area contributed by atoms with Crippen LogP contribution in [-0.4, -0.2) is 25.7 Å². The molecule has 12 nitrogen and oxygen atoms in total. The van der Waals surface area contributed by atoms with Crippen LogP contribution >= 0.6 is 0 Å². The van der Waals surface area contributed by atoms with Gasteiger partial charge in [0.15, 0.2) is 0 Å². The smallest absolute Gasteiger partial charge is 0.374 e. The van der Waals surface area contributed by atoms with Crippen molar-refractivity contribution in [1.82, 2.24) is 15.4 Å². The normalized spacial score (nSPS) is 10.5. The first-order valence-electron chi connectivity index (χ1n) is 9.35. The molecule has 0 unspecified atom stereocenters. The van der Waals surface area contributed by atoms with Crippen LogP contribution in [0.1, 0.15) is 35.7 Å². The number of carbonyl (C=O) groups is 1. The monoisotopic (exact) mass is 438 g/mol. The number of nitro groups is 2. The highest BCUT2D eigenvalue weighted by Crippen LogP contribution is 2.34. The molecule has 0 aliphatic carbocycles. The van der Waals surface area contributed by atoms with Gasteiger partial charge in [-0.05, 0) is 29.7 Å². The lowest BCUT2D eigenvalue weighted by atomic mass is 10.0. The van der Waals surface area contributed by atoms with Gasteiger partial charge in [0.1, 0.15) is 17.6 Å². The third kappa shape index (κ3) is 4.92. The van der Waals surface area contributed by atoms with Crippen LogP contribution in [-0.2, 0) is 0 Å². The van der Waals surface area contributed by atoms with Gasteiger partial charge in [0.05, 0.1) is 9.85 Å². The van der Waals surface area contributed by atoms with Crippen LogP contribution < -0.4 is 15.6 Å². The highest BCUT2D eigenvalue weighted by atomic mass is 16.6. The fourth-order valence-corrected chi connectivity index (χ4v) is 2.73. The molecule has 32 heavy (non-hydrogen) atoms. The van der Waals surface area contributed by atoms with Crippen molar-refractivity contribution in [1.29, 1.82) is 0 Å². The third-order valence-electron chi connectivity index (χ3n) is 4.37. The van der Waals surface area contributed by atoms with Gasteiger partial charge >= 0.3 is 11.6 Å². The van der Waals surface area contributed by atoms with E-state index < -0.39 is 27.1 Å². The van der Waals surface area contributed by atoms with Crippen molar-refractivity contribution in [2.75, 3.05) is 5.43 Å². The van der Waals surface area contributed by atoms with Crippen molar-refractivity contribution in [3.63, 3.8) is 0 Å². The van der Waals surface area contributed by atoms with E-state index in [0.717, 1.165) is 11.9 Å². The summed E-state index contributed by atoms with van der Waals surface area (Å²) >= 11 is 0. The van der Waals surface area contributed by atoms with Crippen molar-refractivity contribution in [3.8, 4) is 11.6 Å². The minimum atomic E-state index is -0.878. The number of nitrogens with one attached hydrogen (secondary N) is 2. The molecule has 3 aromatic rings. The van der Waals surface area contributed by atoms with E-state index in [4.69, 9.17) is 4.74 Å². The van der Waals surface area contributed by atoms with Gasteiger partial charge in [-0.25, -0.2) is 4.98 Å². The molecule has 0 radical (unpaired) electrons. The number of hydrogen-bond acceptors (Lipinski definition) is 9. The molecule has 0 saturated carbocycles. The molecule has 2 N–H and O–H groups in total. The van der Waals surface area contributed by atoms with Crippen molar-refractivity contribution in [3.05, 3.63) is 86.2 Å². The summed E-state index contributed by atoms with van der Waals surface area (Å²) in [5.74, 6) is -0.948. The predicted molar refractivity (Wildman–Crippen MR) is 113 cm³/mol. The molecule has 0 saturated heterocycles. The number of anilines is 1. The maximum Gasteiger partial charge on any atom is 0.374 e. The SMILES string of the molecule is CC(C)c1ccc(Oc2ncnc(NNC(=O)c3ccccc3[N+](=O)[O-])c2[N+](=O)[O-])cc1. The first-order chi connectivity index (χ1) is 15.3. The van der Waals surface area contributed by atoms with Crippen LogP contribution in [0.2, 0.25) is 0 Å². The summed E-state index contributed by atoms with van der Waals surface area (Å²) in [6.45, 7) is 4.06. The summed E-state index contributed by atoms with van der Waals surface area (Å²) in [5, 5.41) is 22.7. The Kier molecular flexibility index (Phi) is 6.53. The maximum absolute atomic E-state index is 12.4. The lowest BCUT2D eigenvalue weighted by Gasteiger charge is -2.11. The summed E-state index contributed by atoms with van der Waals surface area (Å²) in [6, 6.07) is 12.3. The van der Waals surface area contributed by atoms with Crippen molar-refractivity contribution < 1.29 is 19.4 Å². The Morgan fingerprint density at radius 3 is 2.31 bits per heavy atom. The number of benzene rings is 2. The number of rotatable bonds is 8. The number of para-hydroxylation sites is 1. The number of nitrogens with zero attached hydrogens (tertiary/aromatic N) is 4. The molecular weight excluding hydrogens is 420 g/mol. The number of nitro benzene ring substituents is 1. The molecule has 0 fully saturated rings. The molecule has 12 heteroatoms. The average molecular weight is 438 g/mol. The van der Waals surface area contributed by atoms with Gasteiger partial charge in [0.25, 0.3) is 11.6 Å². The van der Waals surface area contributed by atoms with Crippen LogP contribution in [0.5, 0.6) is 11.6 Å². The lowest BCUT2D eigenvalue weighted by Crippen LogP contribution is -2.30. The van der Waals surface area contributed by atoms with Gasteiger partial charge in [-0.1, -0.05) is 38.1 Å². The Morgan fingerprint density at radius 1 is 1.00 bits per heavy atom. The molecule has 0 bridgehead atoms. The van der Waals surface area contributed by atoms with E-state index in [9.17, 15) is 25.0 Å². The Hall–Kier alpha value is -4.61. The zero-order valence-electron chi connectivity index (χ0n) is 17.0. The molecule has 1 aromatic heterocycles. The van der Waals surface area contributed by atoms with Crippen molar-refractivity contribution in [2.24, 2.45) is 0 Å². The van der Waals surface area contributed by atoms with Gasteiger partial charge < -0.3 is 4.74 Å². The Morgan fingerprint density at radius 2 is 1.69 bits per heavy atom. The van der Waals surface area contributed by atoms with E-state index in [2.05, 4.69) is 20.8 Å². The number of amides is 1. The van der Waals surface area contributed by atoms with Crippen LogP contribution in [0.15, 0.2) is 54.9 Å². The summed E-state index contributed by atoms with van der Waals surface area (Å²) < 4.78 is 5.55. The molecule has 3 rings (SSSR count). The first kappa shape index (κ1) is 22.1. The van der Waals surface area contributed by atoms with E-state index in [1.54, 1.807) is 12.1 Å². The van der Waals surface area contributed by atoms with Gasteiger partial charge in [-0.2, -0.15) is 4.98 Å². The largest absolute Gasteiger partial charge is 0.434 e. The van der Waals surface area contributed by atoms with Crippen LogP contribution in [0.4, 0.5) is 17.2 Å². The number of hydrazine groups is 1. The molecule has 0 atom stereocenters. The highest BCUT2D eigenvalue weighted by molar-refractivity contribution is 5.98. The maximum atomic E-state index is 12.4. The van der Waals surface area contributed by atoms with E-state index in [1.807, 2.05) is 26.0 Å². The quantitative estimate of drug-likeness (QED) is 0.391. The minimum absolute atomic E-state index is 0.233. The zero-order valence-corrected chi connectivity index (χ0v) is 17.0. The zero-order chi connectivity index (χ0) is 23.3. The molecular formula is C20H18N6O6. The number of ether oxygens (including phenoxy) is 1. The minimum Gasteiger partial charge on any atom is -0.434 e. The summed E-state index contributed by atoms with van der Waals surface area (Å²) in [5.41, 5.74) is 4.28. The Labute approximate surface area is 181 Å². The second-order valence-corrected chi connectivity index (χ2v) is 6.81. The third-order valence-corrected chi connectivity index (χ3v) is 4.37. The number of aromatic nitrogens is 2. The molecule has 164 valence electrons. The van der Waals surface area contributed by atoms with E-state index in [-0.39, 0.29) is 17.3 Å². The summed E-state index contributed by atoms with van der Waals surface area (Å²) in [6.07, 6.45) is 1.02. The van der Waals surface area contributed by atoms with E-state index in [1.165, 1.54) is 24.3 Å².